The van der Waals surface area contributed by atoms with Gasteiger partial charge in [0.1, 0.15) is 18.3 Å². The predicted octanol–water partition coefficient (Wildman–Crippen LogP) is 2.42. The highest BCUT2D eigenvalue weighted by atomic mass is 16.5. The lowest BCUT2D eigenvalue weighted by atomic mass is 9.91. The molecule has 2 atom stereocenters. The molecule has 6 heteroatoms. The van der Waals surface area contributed by atoms with Crippen LogP contribution in [0.3, 0.4) is 0 Å². The number of carboxylic acid groups (broad SMARTS) is 2. The van der Waals surface area contributed by atoms with Gasteiger partial charge in [-0.25, -0.2) is 0 Å². The average Bonchev–Trinajstić information content (AvgIpc) is 2.97. The Morgan fingerprint density at radius 1 is 1.17 bits per heavy atom. The number of carbonyl (C=O) groups is 2. The summed E-state index contributed by atoms with van der Waals surface area (Å²) >= 11 is 0. The van der Waals surface area contributed by atoms with E-state index >= 15 is 0 Å². The van der Waals surface area contributed by atoms with E-state index in [1.807, 2.05) is 0 Å². The Morgan fingerprint density at radius 3 is 2.62 bits per heavy atom. The zero-order valence-corrected chi connectivity index (χ0v) is 12.7. The molecule has 0 bridgehead atoms. The second-order valence-electron chi connectivity index (χ2n) is 5.66. The number of aliphatic hydroxyl groups is 1. The molecule has 1 aliphatic rings. The highest BCUT2D eigenvalue weighted by Gasteiger charge is 2.30. The van der Waals surface area contributed by atoms with E-state index in [2.05, 4.69) is 0 Å². The summed E-state index contributed by atoms with van der Waals surface area (Å²) < 4.78 is 5.39. The van der Waals surface area contributed by atoms with Crippen LogP contribution in [-0.4, -0.2) is 33.9 Å². The van der Waals surface area contributed by atoms with E-state index in [9.17, 15) is 19.8 Å². The number of ether oxygens (including phenoxy) is 1. The van der Waals surface area contributed by atoms with Gasteiger partial charge in [0.25, 0.3) is 0 Å². The number of hydrogen-bond donors (Lipinski definition) is 3. The number of aliphatic hydroxyl groups excluding tert-OH is 1. The minimum absolute atomic E-state index is 0.0946. The maximum absolute atomic E-state index is 11.3. The van der Waals surface area contributed by atoms with Crippen LogP contribution in [0.15, 0.2) is 42.5 Å². The lowest BCUT2D eigenvalue weighted by molar-refractivity contribution is -0.140. The van der Waals surface area contributed by atoms with E-state index in [1.165, 1.54) is 0 Å². The predicted molar refractivity (Wildman–Crippen MR) is 85.0 cm³/mol. The quantitative estimate of drug-likeness (QED) is 0.779. The van der Waals surface area contributed by atoms with Gasteiger partial charge in [-0.05, 0) is 28.8 Å². The van der Waals surface area contributed by atoms with E-state index in [4.69, 9.17) is 9.84 Å². The topological polar surface area (TPSA) is 104 Å². The van der Waals surface area contributed by atoms with Gasteiger partial charge in [0.05, 0.1) is 12.5 Å². The van der Waals surface area contributed by atoms with Gasteiger partial charge >= 0.3 is 11.9 Å². The van der Waals surface area contributed by atoms with E-state index in [-0.39, 0.29) is 6.61 Å². The molecule has 0 amide bonds. The molecule has 0 saturated carbocycles. The van der Waals surface area contributed by atoms with Crippen LogP contribution in [0, 0.1) is 0 Å². The Bertz CT molecular complexity index is 798. The van der Waals surface area contributed by atoms with Crippen molar-refractivity contribution in [2.45, 2.75) is 18.4 Å². The molecule has 0 aliphatic carbocycles. The van der Waals surface area contributed by atoms with Crippen LogP contribution in [0.1, 0.15) is 29.6 Å². The second kappa shape index (κ2) is 6.33. The zero-order chi connectivity index (χ0) is 17.3. The Morgan fingerprint density at radius 2 is 1.92 bits per heavy atom. The van der Waals surface area contributed by atoms with Gasteiger partial charge in [-0.3, -0.25) is 9.59 Å². The lowest BCUT2D eigenvalue weighted by Gasteiger charge is -2.15. The fourth-order valence-corrected chi connectivity index (χ4v) is 2.91. The first-order chi connectivity index (χ1) is 11.5. The van der Waals surface area contributed by atoms with Crippen molar-refractivity contribution in [3.63, 3.8) is 0 Å². The van der Waals surface area contributed by atoms with Crippen LogP contribution in [-0.2, 0) is 9.59 Å². The monoisotopic (exact) mass is 328 g/mol. The van der Waals surface area contributed by atoms with E-state index in [0.717, 1.165) is 0 Å². The maximum atomic E-state index is 11.3. The summed E-state index contributed by atoms with van der Waals surface area (Å²) in [7, 11) is 0. The average molecular weight is 328 g/mol. The first kappa shape index (κ1) is 16.0. The second-order valence-corrected chi connectivity index (χ2v) is 5.66. The molecule has 0 spiro atoms. The van der Waals surface area contributed by atoms with Crippen LogP contribution >= 0.6 is 0 Å². The third-order valence-electron chi connectivity index (χ3n) is 4.09. The van der Waals surface area contributed by atoms with Gasteiger partial charge < -0.3 is 20.1 Å². The van der Waals surface area contributed by atoms with Crippen molar-refractivity contribution in [1.29, 1.82) is 0 Å². The van der Waals surface area contributed by atoms with E-state index < -0.39 is 30.4 Å². The number of aliphatic carboxylic acids is 2. The Labute approximate surface area is 137 Å². The zero-order valence-electron chi connectivity index (χ0n) is 12.7. The highest BCUT2D eigenvalue weighted by Crippen LogP contribution is 2.38. The van der Waals surface area contributed by atoms with Crippen LogP contribution in [0.2, 0.25) is 0 Å². The third kappa shape index (κ3) is 2.96. The molecule has 3 rings (SSSR count). The third-order valence-corrected chi connectivity index (χ3v) is 4.09. The molecule has 1 aliphatic heterocycles. The van der Waals surface area contributed by atoms with Crippen molar-refractivity contribution in [3.05, 3.63) is 53.6 Å². The standard InChI is InChI=1S/C18H16O6/c19-15(8-17(20)21)12-4-2-1-3-11(12)10-5-6-16-13(7-10)14(9-24-16)18(22)23/h1-7,14-15,19H,8-9H2,(H,20,21)(H,22,23). The first-order valence-electron chi connectivity index (χ1n) is 7.46. The summed E-state index contributed by atoms with van der Waals surface area (Å²) in [4.78, 5) is 22.2. The number of hydrogen-bond acceptors (Lipinski definition) is 4. The Kier molecular flexibility index (Phi) is 4.22. The molecule has 1 heterocycles. The molecule has 2 aromatic rings. The molecule has 0 saturated heterocycles. The van der Waals surface area contributed by atoms with Crippen molar-refractivity contribution in [2.24, 2.45) is 0 Å². The smallest absolute Gasteiger partial charge is 0.314 e. The van der Waals surface area contributed by atoms with Crippen molar-refractivity contribution in [2.75, 3.05) is 6.61 Å². The molecule has 0 aromatic heterocycles. The summed E-state index contributed by atoms with van der Waals surface area (Å²) in [5.41, 5.74) is 2.46. The highest BCUT2D eigenvalue weighted by molar-refractivity contribution is 5.81. The fourth-order valence-electron chi connectivity index (χ4n) is 2.91. The van der Waals surface area contributed by atoms with Gasteiger partial charge in [0, 0.05) is 5.56 Å². The molecule has 3 N–H and O–H groups in total. The van der Waals surface area contributed by atoms with Crippen LogP contribution in [0.5, 0.6) is 5.75 Å². The van der Waals surface area contributed by atoms with Gasteiger partial charge in [-0.15, -0.1) is 0 Å². The van der Waals surface area contributed by atoms with Crippen LogP contribution in [0.25, 0.3) is 11.1 Å². The summed E-state index contributed by atoms with van der Waals surface area (Å²) in [5.74, 6) is -2.23. The van der Waals surface area contributed by atoms with Gasteiger partial charge in [-0.1, -0.05) is 30.3 Å². The summed E-state index contributed by atoms with van der Waals surface area (Å²) in [6.07, 6.45) is -1.54. The molecule has 0 fully saturated rings. The number of fused-ring (bicyclic) bond motifs is 1. The van der Waals surface area contributed by atoms with Crippen molar-refractivity contribution >= 4 is 11.9 Å². The molecular formula is C18H16O6. The van der Waals surface area contributed by atoms with Gasteiger partial charge in [0.15, 0.2) is 0 Å². The Balaban J connectivity index is 2.03. The maximum Gasteiger partial charge on any atom is 0.314 e. The number of benzene rings is 2. The van der Waals surface area contributed by atoms with E-state index in [1.54, 1.807) is 42.5 Å². The van der Waals surface area contributed by atoms with Gasteiger partial charge in [-0.2, -0.15) is 0 Å². The molecular weight excluding hydrogens is 312 g/mol. The fraction of sp³-hybridized carbons (Fsp3) is 0.222. The normalized spacial score (nSPS) is 17.0. The van der Waals surface area contributed by atoms with Crippen molar-refractivity contribution in [3.8, 4) is 16.9 Å². The molecule has 0 radical (unpaired) electrons. The summed E-state index contributed by atoms with van der Waals surface area (Å²) in [6.45, 7) is 0.0946. The molecule has 2 aromatic carbocycles. The number of carboxylic acids is 2. The molecule has 6 nitrogen and oxygen atoms in total. The van der Waals surface area contributed by atoms with Crippen LogP contribution in [0.4, 0.5) is 0 Å². The molecule has 24 heavy (non-hydrogen) atoms. The van der Waals surface area contributed by atoms with Crippen molar-refractivity contribution < 1.29 is 29.6 Å². The largest absolute Gasteiger partial charge is 0.492 e. The van der Waals surface area contributed by atoms with E-state index in [0.29, 0.717) is 28.0 Å². The summed E-state index contributed by atoms with van der Waals surface area (Å²) in [6, 6.07) is 12.1. The Hall–Kier alpha value is -2.86. The minimum atomic E-state index is -1.14. The lowest BCUT2D eigenvalue weighted by Crippen LogP contribution is -2.12. The first-order valence-corrected chi connectivity index (χ1v) is 7.46. The van der Waals surface area contributed by atoms with Crippen molar-refractivity contribution in [1.82, 2.24) is 0 Å². The van der Waals surface area contributed by atoms with Crippen LogP contribution < -0.4 is 4.74 Å². The molecule has 124 valence electrons. The SMILES string of the molecule is O=C(O)CC(O)c1ccccc1-c1ccc2c(c1)C(C(=O)O)CO2. The molecule has 2 unspecified atom stereocenters. The van der Waals surface area contributed by atoms with Gasteiger partial charge in [0.2, 0.25) is 0 Å². The summed E-state index contributed by atoms with van der Waals surface area (Å²) in [5, 5.41) is 28.3. The minimum Gasteiger partial charge on any atom is -0.492 e. The number of rotatable bonds is 5.